The lowest BCUT2D eigenvalue weighted by atomic mass is 10.1. The summed E-state index contributed by atoms with van der Waals surface area (Å²) in [6, 6.07) is -14.6. The summed E-state index contributed by atoms with van der Waals surface area (Å²) < 4.78 is 141. The lowest BCUT2D eigenvalue weighted by Crippen LogP contribution is -2.10. The fraction of sp³-hybridized carbons (Fsp3) is 0. The van der Waals surface area contributed by atoms with Crippen LogP contribution in [0.15, 0.2) is 103 Å². The lowest BCUT2D eigenvalue weighted by Gasteiger charge is -2.26. The van der Waals surface area contributed by atoms with Crippen molar-refractivity contribution in [2.24, 2.45) is 0 Å². The molecule has 0 bridgehead atoms. The number of anilines is 3. The van der Waals surface area contributed by atoms with Gasteiger partial charge in [-0.25, -0.2) is 0 Å². The van der Waals surface area contributed by atoms with Gasteiger partial charge in [-0.1, -0.05) is 72.5 Å². The lowest BCUT2D eigenvalue weighted by molar-refractivity contribution is 1.30. The first-order chi connectivity index (χ1) is 18.5. The number of hydrogen-bond donors (Lipinski definition) is 0. The molecule has 0 amide bonds. The van der Waals surface area contributed by atoms with Crippen molar-refractivity contribution in [3.63, 3.8) is 0 Å². The quantitative estimate of drug-likeness (QED) is 0.428. The summed E-state index contributed by atoms with van der Waals surface area (Å²) in [5.74, 6) is 0. The first-order valence-electron chi connectivity index (χ1n) is 14.9. The summed E-state index contributed by atoms with van der Waals surface area (Å²) in [5, 5.41) is -1.14. The van der Waals surface area contributed by atoms with Crippen molar-refractivity contribution >= 4 is 27.8 Å². The minimum atomic E-state index is -0.923. The van der Waals surface area contributed by atoms with E-state index in [2.05, 4.69) is 0 Å². The Labute approximate surface area is 160 Å². The molecule has 4 aromatic rings. The summed E-state index contributed by atoms with van der Waals surface area (Å²) in [5.41, 5.74) is -2.34. The van der Waals surface area contributed by atoms with E-state index in [4.69, 9.17) is 23.3 Å². The van der Waals surface area contributed by atoms with Crippen LogP contribution in [0.4, 0.5) is 17.1 Å². The number of nitrogens with zero attached hydrogens (tertiary/aromatic N) is 1. The second-order valence-electron chi connectivity index (χ2n) is 4.26. The molecule has 0 radical (unpaired) electrons. The van der Waals surface area contributed by atoms with Crippen LogP contribution in [0, 0.1) is 0 Å². The van der Waals surface area contributed by atoms with Crippen LogP contribution in [-0.2, 0) is 0 Å². The zero-order chi connectivity index (χ0) is 30.3. The Morgan fingerprint density at radius 3 is 1.70 bits per heavy atom. The van der Waals surface area contributed by atoms with E-state index in [-0.39, 0.29) is 0 Å². The van der Waals surface area contributed by atoms with E-state index < -0.39 is 131 Å². The maximum atomic E-state index is 8.71. The van der Waals surface area contributed by atoms with Crippen molar-refractivity contribution in [2.45, 2.75) is 0 Å². The average Bonchev–Trinajstić information content (AvgIpc) is 2.92. The van der Waals surface area contributed by atoms with E-state index in [0.717, 1.165) is 0 Å². The molecule has 0 unspecified atom stereocenters. The summed E-state index contributed by atoms with van der Waals surface area (Å²) in [4.78, 5) is 0.559. The first kappa shape index (κ1) is 4.48. The molecular formula is C22H17N. The molecule has 0 spiro atoms. The second-order valence-corrected chi connectivity index (χ2v) is 4.26. The van der Waals surface area contributed by atoms with E-state index in [1.807, 2.05) is 0 Å². The molecular weight excluding hydrogens is 278 g/mol. The second kappa shape index (κ2) is 5.98. The number of rotatable bonds is 3. The summed E-state index contributed by atoms with van der Waals surface area (Å²) in [6.45, 7) is 0. The molecule has 4 rings (SSSR count). The van der Waals surface area contributed by atoms with Crippen molar-refractivity contribution in [1.29, 1.82) is 0 Å². The molecule has 0 aromatic heterocycles. The molecule has 0 heterocycles. The number of fused-ring (bicyclic) bond motifs is 1. The third kappa shape index (κ3) is 2.58. The summed E-state index contributed by atoms with van der Waals surface area (Å²) in [7, 11) is 0. The fourth-order valence-electron chi connectivity index (χ4n) is 2.01. The average molecular weight is 312 g/mol. The van der Waals surface area contributed by atoms with Gasteiger partial charge in [0.05, 0.1) is 29.0 Å². The van der Waals surface area contributed by atoms with Crippen LogP contribution in [0.1, 0.15) is 23.3 Å². The van der Waals surface area contributed by atoms with Gasteiger partial charge in [0.1, 0.15) is 0 Å². The minimum absolute atomic E-state index is 0.549. The highest BCUT2D eigenvalue weighted by Gasteiger charge is 2.13. The van der Waals surface area contributed by atoms with Gasteiger partial charge in [0.15, 0.2) is 0 Å². The Balaban J connectivity index is 2.44. The maximum Gasteiger partial charge on any atom is 0.0645 e. The van der Waals surface area contributed by atoms with Crippen LogP contribution in [-0.4, -0.2) is 0 Å². The molecule has 0 saturated carbocycles. The van der Waals surface area contributed by atoms with Gasteiger partial charge in [-0.3, -0.25) is 0 Å². The Hall–Kier alpha value is -3.06. The first-order valence-corrected chi connectivity index (χ1v) is 6.42. The normalized spacial score (nSPS) is 21.0. The SMILES string of the molecule is [2H]c1c([2H])c([2H])c(N(c2c([2H])c([2H])c([2H])c([2H])c2[2H])c2c([2H])c([2H])c([2H])c3c([2H])c([2H])c([2H])c([2H])c23)c([2H])c1[2H]. The van der Waals surface area contributed by atoms with Gasteiger partial charge >= 0.3 is 0 Å². The predicted molar refractivity (Wildman–Crippen MR) is 98.6 cm³/mol. The Bertz CT molecular complexity index is 1650. The smallest absolute Gasteiger partial charge is 0.0645 e. The zero-order valence-electron chi connectivity index (χ0n) is 28.4. The van der Waals surface area contributed by atoms with Gasteiger partial charge in [-0.2, -0.15) is 0 Å². The molecule has 0 fully saturated rings. The Morgan fingerprint density at radius 1 is 0.522 bits per heavy atom. The van der Waals surface area contributed by atoms with Crippen molar-refractivity contribution in [1.82, 2.24) is 0 Å². The minimum Gasteiger partial charge on any atom is -0.310 e. The van der Waals surface area contributed by atoms with E-state index in [1.165, 1.54) is 0 Å². The molecule has 0 atom stereocenters. The van der Waals surface area contributed by atoms with E-state index in [0.29, 0.717) is 4.90 Å². The molecule has 23 heavy (non-hydrogen) atoms. The van der Waals surface area contributed by atoms with Crippen molar-refractivity contribution in [3.8, 4) is 0 Å². The molecule has 110 valence electrons. The Morgan fingerprint density at radius 2 is 1.04 bits per heavy atom. The molecule has 0 aliphatic carbocycles. The van der Waals surface area contributed by atoms with Gasteiger partial charge in [0.2, 0.25) is 0 Å². The highest BCUT2D eigenvalue weighted by atomic mass is 15.1. The number of hydrogen-bond acceptors (Lipinski definition) is 1. The highest BCUT2D eigenvalue weighted by molar-refractivity contribution is 5.98. The molecule has 4 aromatic carbocycles. The standard InChI is InChI=1S/C22H17N/c1-3-12-19(13-4-1)23(20-14-5-2-6-15-20)22-17-9-11-18-10-7-8-16-21(18)22/h1-17H/i1D,2D,3D,4D,5D,6D,7D,8D,9D,10D,11D,12D,13D,14D,15D,16D,17D. The van der Waals surface area contributed by atoms with Gasteiger partial charge < -0.3 is 4.90 Å². The molecule has 1 nitrogen and oxygen atoms in total. The number of benzene rings is 4. The number of para-hydroxylation sites is 2. The topological polar surface area (TPSA) is 3.24 Å². The van der Waals surface area contributed by atoms with Gasteiger partial charge in [0, 0.05) is 16.8 Å². The third-order valence-electron chi connectivity index (χ3n) is 2.94. The van der Waals surface area contributed by atoms with Gasteiger partial charge in [-0.15, -0.1) is 0 Å². The van der Waals surface area contributed by atoms with E-state index >= 15 is 0 Å². The van der Waals surface area contributed by atoms with Crippen molar-refractivity contribution in [3.05, 3.63) is 103 Å². The van der Waals surface area contributed by atoms with E-state index in [9.17, 15) is 0 Å². The molecule has 0 saturated heterocycles. The van der Waals surface area contributed by atoms with Gasteiger partial charge in [-0.05, 0) is 35.6 Å². The molecule has 0 aliphatic heterocycles. The highest BCUT2D eigenvalue weighted by Crippen LogP contribution is 2.38. The summed E-state index contributed by atoms with van der Waals surface area (Å²) in [6.07, 6.45) is 0. The van der Waals surface area contributed by atoms with Crippen LogP contribution >= 0.6 is 0 Å². The largest absolute Gasteiger partial charge is 0.310 e. The summed E-state index contributed by atoms with van der Waals surface area (Å²) >= 11 is 0. The Kier molecular flexibility index (Phi) is 1.16. The van der Waals surface area contributed by atoms with Crippen LogP contribution in [0.5, 0.6) is 0 Å². The molecule has 1 heteroatoms. The fourth-order valence-corrected chi connectivity index (χ4v) is 2.01. The van der Waals surface area contributed by atoms with Crippen molar-refractivity contribution in [2.75, 3.05) is 4.90 Å². The van der Waals surface area contributed by atoms with E-state index in [1.54, 1.807) is 0 Å². The monoisotopic (exact) mass is 312 g/mol. The maximum absolute atomic E-state index is 8.71. The van der Waals surface area contributed by atoms with Crippen LogP contribution in [0.2, 0.25) is 0 Å². The zero-order valence-corrected chi connectivity index (χ0v) is 11.4. The van der Waals surface area contributed by atoms with Gasteiger partial charge in [0.25, 0.3) is 0 Å². The van der Waals surface area contributed by atoms with Crippen LogP contribution < -0.4 is 4.90 Å². The van der Waals surface area contributed by atoms with Crippen LogP contribution in [0.25, 0.3) is 10.8 Å². The third-order valence-corrected chi connectivity index (χ3v) is 2.94. The van der Waals surface area contributed by atoms with Crippen LogP contribution in [0.3, 0.4) is 0 Å². The van der Waals surface area contributed by atoms with Crippen molar-refractivity contribution < 1.29 is 23.3 Å². The predicted octanol–water partition coefficient (Wildman–Crippen LogP) is 6.31. The molecule has 0 aliphatic rings. The molecule has 0 N–H and O–H groups in total.